The van der Waals surface area contributed by atoms with Gasteiger partial charge >= 0.3 is 0 Å². The second-order valence-corrected chi connectivity index (χ2v) is 4.41. The largest absolute Gasteiger partial charge is 0.324 e. The molecule has 3 saturated carbocycles. The summed E-state index contributed by atoms with van der Waals surface area (Å²) in [7, 11) is 0. The van der Waals surface area contributed by atoms with Crippen LogP contribution in [0.5, 0.6) is 0 Å². The third kappa shape index (κ3) is 0.355. The van der Waals surface area contributed by atoms with Gasteiger partial charge < -0.3 is 5.73 Å². The summed E-state index contributed by atoms with van der Waals surface area (Å²) in [5, 5.41) is 0. The maximum absolute atomic E-state index is 6.22. The minimum atomic E-state index is 0.229. The summed E-state index contributed by atoms with van der Waals surface area (Å²) >= 11 is 0. The first-order chi connectivity index (χ1) is 4.56. The zero-order valence-corrected chi connectivity index (χ0v) is 7.15. The van der Waals surface area contributed by atoms with E-state index in [1.165, 1.54) is 12.8 Å². The molecular weight excluding hydrogens is 122 g/mol. The van der Waals surface area contributed by atoms with Crippen LogP contribution < -0.4 is 5.73 Å². The smallest absolute Gasteiger partial charge is 0.0240 e. The molecule has 4 atom stereocenters. The Hall–Kier alpha value is -0.0400. The van der Waals surface area contributed by atoms with Gasteiger partial charge in [0, 0.05) is 5.54 Å². The fraction of sp³-hybridized carbons (Fsp3) is 1.00. The first kappa shape index (κ1) is 6.66. The lowest BCUT2D eigenvalue weighted by Crippen LogP contribution is -2.83. The molecule has 3 aliphatic carbocycles. The Bertz CT molecular complexity index is 172. The summed E-state index contributed by atoms with van der Waals surface area (Å²) < 4.78 is 0. The van der Waals surface area contributed by atoms with Gasteiger partial charge in [0.1, 0.15) is 0 Å². The minimum absolute atomic E-state index is 0.229. The Morgan fingerprint density at radius 2 is 2.20 bits per heavy atom. The van der Waals surface area contributed by atoms with Gasteiger partial charge in [-0.15, -0.1) is 0 Å². The predicted octanol–water partition coefficient (Wildman–Crippen LogP) is 1.77. The van der Waals surface area contributed by atoms with Crippen LogP contribution in [0.25, 0.3) is 0 Å². The van der Waals surface area contributed by atoms with Crippen molar-refractivity contribution >= 4 is 0 Å². The van der Waals surface area contributed by atoms with Crippen LogP contribution in [0, 0.1) is 17.3 Å². The number of hydrogen-bond donors (Lipinski definition) is 1. The molecular formula is C9H17N. The van der Waals surface area contributed by atoms with E-state index in [9.17, 15) is 0 Å². The molecule has 0 radical (unpaired) electrons. The maximum Gasteiger partial charge on any atom is 0.0240 e. The van der Waals surface area contributed by atoms with Crippen LogP contribution in [-0.4, -0.2) is 5.54 Å². The SMILES string of the molecule is CCC1(N)C2C[C@@]1(C)C2C. The molecule has 3 unspecified atom stereocenters. The monoisotopic (exact) mass is 139 g/mol. The van der Waals surface area contributed by atoms with Crippen molar-refractivity contribution < 1.29 is 0 Å². The van der Waals surface area contributed by atoms with Crippen molar-refractivity contribution in [1.82, 2.24) is 0 Å². The molecule has 0 spiro atoms. The highest BCUT2D eigenvalue weighted by Gasteiger charge is 2.74. The van der Waals surface area contributed by atoms with Crippen LogP contribution >= 0.6 is 0 Å². The van der Waals surface area contributed by atoms with E-state index in [1.54, 1.807) is 0 Å². The van der Waals surface area contributed by atoms with E-state index >= 15 is 0 Å². The summed E-state index contributed by atoms with van der Waals surface area (Å²) in [5.74, 6) is 1.75. The number of rotatable bonds is 1. The molecule has 3 aliphatic rings. The normalized spacial score (nSPS) is 64.8. The third-order valence-electron chi connectivity index (χ3n) is 4.56. The van der Waals surface area contributed by atoms with Crippen molar-refractivity contribution in [3.63, 3.8) is 0 Å². The second-order valence-electron chi connectivity index (χ2n) is 4.41. The highest BCUT2D eigenvalue weighted by Crippen LogP contribution is 2.74. The predicted molar refractivity (Wildman–Crippen MR) is 42.6 cm³/mol. The van der Waals surface area contributed by atoms with Crippen molar-refractivity contribution in [3.05, 3.63) is 0 Å². The number of nitrogens with two attached hydrogens (primary N) is 1. The Morgan fingerprint density at radius 3 is 2.30 bits per heavy atom. The molecule has 0 aromatic heterocycles. The van der Waals surface area contributed by atoms with Crippen molar-refractivity contribution in [2.75, 3.05) is 0 Å². The Balaban J connectivity index is 2.21. The molecule has 2 N–H and O–H groups in total. The van der Waals surface area contributed by atoms with Gasteiger partial charge in [0.15, 0.2) is 0 Å². The zero-order valence-electron chi connectivity index (χ0n) is 7.15. The fourth-order valence-electron chi connectivity index (χ4n) is 3.21. The van der Waals surface area contributed by atoms with Gasteiger partial charge in [0.2, 0.25) is 0 Å². The van der Waals surface area contributed by atoms with E-state index in [-0.39, 0.29) is 5.54 Å². The second kappa shape index (κ2) is 1.42. The summed E-state index contributed by atoms with van der Waals surface area (Å²) in [5.41, 5.74) is 6.95. The first-order valence-electron chi connectivity index (χ1n) is 4.35. The third-order valence-corrected chi connectivity index (χ3v) is 4.56. The van der Waals surface area contributed by atoms with Crippen molar-refractivity contribution in [1.29, 1.82) is 0 Å². The summed E-state index contributed by atoms with van der Waals surface area (Å²) in [6.45, 7) is 6.91. The van der Waals surface area contributed by atoms with Gasteiger partial charge in [-0.2, -0.15) is 0 Å². The summed E-state index contributed by atoms with van der Waals surface area (Å²) in [4.78, 5) is 0. The lowest BCUT2D eigenvalue weighted by molar-refractivity contribution is -0.259. The van der Waals surface area contributed by atoms with Crippen LogP contribution in [-0.2, 0) is 0 Å². The highest BCUT2D eigenvalue weighted by atomic mass is 15.0. The minimum Gasteiger partial charge on any atom is -0.324 e. The van der Waals surface area contributed by atoms with E-state index in [0.717, 1.165) is 11.8 Å². The van der Waals surface area contributed by atoms with Crippen LogP contribution in [0.4, 0.5) is 0 Å². The van der Waals surface area contributed by atoms with Gasteiger partial charge in [-0.05, 0) is 30.1 Å². The quantitative estimate of drug-likeness (QED) is 0.588. The van der Waals surface area contributed by atoms with Crippen LogP contribution in [0.1, 0.15) is 33.6 Å². The van der Waals surface area contributed by atoms with E-state index in [2.05, 4.69) is 20.8 Å². The van der Waals surface area contributed by atoms with Crippen molar-refractivity contribution in [3.8, 4) is 0 Å². The summed E-state index contributed by atoms with van der Waals surface area (Å²) in [6.07, 6.45) is 2.55. The molecule has 10 heavy (non-hydrogen) atoms. The lowest BCUT2D eigenvalue weighted by Gasteiger charge is -2.78. The van der Waals surface area contributed by atoms with Crippen LogP contribution in [0.15, 0.2) is 0 Å². The van der Waals surface area contributed by atoms with Crippen molar-refractivity contribution in [2.45, 2.75) is 39.2 Å². The van der Waals surface area contributed by atoms with Gasteiger partial charge in [0.25, 0.3) is 0 Å². The van der Waals surface area contributed by atoms with E-state index in [4.69, 9.17) is 5.73 Å². The maximum atomic E-state index is 6.22. The molecule has 0 aliphatic heterocycles. The van der Waals surface area contributed by atoms with Crippen molar-refractivity contribution in [2.24, 2.45) is 23.0 Å². The highest BCUT2D eigenvalue weighted by molar-refractivity contribution is 5.28. The molecule has 0 saturated heterocycles. The average Bonchev–Trinajstić information content (AvgIpc) is 1.99. The molecule has 2 bridgehead atoms. The average molecular weight is 139 g/mol. The molecule has 0 aromatic carbocycles. The van der Waals surface area contributed by atoms with Crippen LogP contribution in [0.3, 0.4) is 0 Å². The van der Waals surface area contributed by atoms with Crippen LogP contribution in [0.2, 0.25) is 0 Å². The molecule has 1 heteroatoms. The first-order valence-corrected chi connectivity index (χ1v) is 4.35. The van der Waals surface area contributed by atoms with Gasteiger partial charge in [-0.3, -0.25) is 0 Å². The molecule has 0 aromatic rings. The van der Waals surface area contributed by atoms with Gasteiger partial charge in [0.05, 0.1) is 0 Å². The molecule has 3 fully saturated rings. The zero-order chi connectivity index (χ0) is 7.57. The standard InChI is InChI=1S/C9H17N/c1-4-9(10)7-5-8(9,3)6(7)2/h6-7H,4-5,10H2,1-3H3/t6?,7?,8-,9?/m0/s1. The lowest BCUT2D eigenvalue weighted by atomic mass is 9.28. The Labute approximate surface area is 63.0 Å². The van der Waals surface area contributed by atoms with E-state index < -0.39 is 0 Å². The topological polar surface area (TPSA) is 26.0 Å². The molecule has 58 valence electrons. The fourth-order valence-corrected chi connectivity index (χ4v) is 3.21. The van der Waals surface area contributed by atoms with Gasteiger partial charge in [-0.1, -0.05) is 20.8 Å². The Kier molecular flexibility index (Phi) is 0.949. The van der Waals surface area contributed by atoms with E-state index in [0.29, 0.717) is 5.41 Å². The molecule has 0 heterocycles. The van der Waals surface area contributed by atoms with Gasteiger partial charge in [-0.25, -0.2) is 0 Å². The van der Waals surface area contributed by atoms with E-state index in [1.807, 2.05) is 0 Å². The number of hydrogen-bond acceptors (Lipinski definition) is 1. The molecule has 3 rings (SSSR count). The summed E-state index contributed by atoms with van der Waals surface area (Å²) in [6, 6.07) is 0. The molecule has 0 amide bonds. The Morgan fingerprint density at radius 1 is 1.60 bits per heavy atom. The molecule has 1 nitrogen and oxygen atoms in total.